The first-order chi connectivity index (χ1) is 14.9. The van der Waals surface area contributed by atoms with Gasteiger partial charge in [-0.3, -0.25) is 4.79 Å². The molecule has 0 saturated carbocycles. The molecule has 1 heterocycles. The first kappa shape index (κ1) is 22.0. The van der Waals surface area contributed by atoms with Crippen LogP contribution < -0.4 is 29.1 Å². The summed E-state index contributed by atoms with van der Waals surface area (Å²) in [5.41, 5.74) is 1.32. The molecule has 31 heavy (non-hydrogen) atoms. The van der Waals surface area contributed by atoms with E-state index in [4.69, 9.17) is 28.1 Å². The Morgan fingerprint density at radius 3 is 2.23 bits per heavy atom. The number of ether oxygens (including phenoxy) is 5. The first-order valence-corrected chi connectivity index (χ1v) is 9.55. The molecule has 0 amide bonds. The van der Waals surface area contributed by atoms with E-state index in [1.807, 2.05) is 6.92 Å². The molecule has 1 aromatic carbocycles. The molecule has 0 spiro atoms. The molecular weight excluding hydrogens is 404 g/mol. The van der Waals surface area contributed by atoms with Crippen molar-refractivity contribution in [3.63, 3.8) is 0 Å². The molecule has 8 heteroatoms. The molecule has 2 aliphatic rings. The van der Waals surface area contributed by atoms with Crippen molar-refractivity contribution in [3.8, 4) is 40.3 Å². The Labute approximate surface area is 179 Å². The lowest BCUT2D eigenvalue weighted by Gasteiger charge is -2.18. The van der Waals surface area contributed by atoms with Crippen LogP contribution in [0.4, 0.5) is 0 Å². The molecule has 0 N–H and O–H groups in total. The van der Waals surface area contributed by atoms with Crippen LogP contribution >= 0.6 is 0 Å². The number of hydrogen-bond donors (Lipinski definition) is 0. The number of carbonyl (C=O) groups is 1. The molecule has 0 bridgehead atoms. The number of rotatable bonds is 7. The molecule has 0 aromatic heterocycles. The van der Waals surface area contributed by atoms with Gasteiger partial charge in [-0.05, 0) is 31.5 Å². The number of benzene rings is 2. The van der Waals surface area contributed by atoms with E-state index in [0.29, 0.717) is 34.8 Å². The van der Waals surface area contributed by atoms with Crippen LogP contribution in [-0.2, 0) is 6.42 Å². The highest BCUT2D eigenvalue weighted by atomic mass is 16.6. The molecule has 1 aromatic rings. The third-order valence-electron chi connectivity index (χ3n) is 4.98. The highest BCUT2D eigenvalue weighted by Gasteiger charge is 2.27. The Morgan fingerprint density at radius 1 is 0.935 bits per heavy atom. The second-order valence-electron chi connectivity index (χ2n) is 6.63. The SMILES string of the molecule is CCc1cc(=O)c2ccc(OC)oc-2c1OC(=O)c1cc(OC)c(OC)c(OC)c1C. The molecule has 1 aliphatic carbocycles. The highest BCUT2D eigenvalue weighted by molar-refractivity contribution is 5.95. The molecule has 3 rings (SSSR count). The summed E-state index contributed by atoms with van der Waals surface area (Å²) in [5.74, 6) is 0.866. The molecule has 0 fully saturated rings. The molecule has 0 radical (unpaired) electrons. The minimum Gasteiger partial charge on any atom is -0.493 e. The fourth-order valence-electron chi connectivity index (χ4n) is 3.37. The summed E-state index contributed by atoms with van der Waals surface area (Å²) in [6.45, 7) is 3.56. The van der Waals surface area contributed by atoms with Gasteiger partial charge in [0.05, 0.1) is 39.6 Å². The van der Waals surface area contributed by atoms with Crippen molar-refractivity contribution in [1.29, 1.82) is 0 Å². The van der Waals surface area contributed by atoms with E-state index in [0.717, 1.165) is 0 Å². The summed E-state index contributed by atoms with van der Waals surface area (Å²) in [6, 6.07) is 6.06. The molecule has 0 atom stereocenters. The lowest BCUT2D eigenvalue weighted by Crippen LogP contribution is -2.16. The summed E-state index contributed by atoms with van der Waals surface area (Å²) in [6.07, 6.45) is 0.453. The van der Waals surface area contributed by atoms with E-state index in [1.165, 1.54) is 46.6 Å². The van der Waals surface area contributed by atoms with Gasteiger partial charge >= 0.3 is 5.97 Å². The fourth-order valence-corrected chi connectivity index (χ4v) is 3.37. The maximum Gasteiger partial charge on any atom is 0.344 e. The molecule has 1 aliphatic heterocycles. The van der Waals surface area contributed by atoms with E-state index in [1.54, 1.807) is 13.0 Å². The van der Waals surface area contributed by atoms with Gasteiger partial charge in [0.1, 0.15) is 0 Å². The average molecular weight is 428 g/mol. The number of hydrogen-bond acceptors (Lipinski definition) is 8. The van der Waals surface area contributed by atoms with Gasteiger partial charge in [-0.2, -0.15) is 0 Å². The Kier molecular flexibility index (Phi) is 6.39. The lowest BCUT2D eigenvalue weighted by atomic mass is 10.0. The molecule has 0 saturated heterocycles. The van der Waals surface area contributed by atoms with Gasteiger partial charge in [0.15, 0.2) is 28.4 Å². The third-order valence-corrected chi connectivity index (χ3v) is 4.98. The van der Waals surface area contributed by atoms with Gasteiger partial charge in [0, 0.05) is 17.2 Å². The van der Waals surface area contributed by atoms with Crippen LogP contribution in [-0.4, -0.2) is 34.4 Å². The number of carbonyl (C=O) groups excluding carboxylic acids is 1. The topological polar surface area (TPSA) is 93.4 Å². The van der Waals surface area contributed by atoms with Crippen LogP contribution in [0.1, 0.15) is 28.4 Å². The normalized spacial score (nSPS) is 10.6. The number of esters is 1. The van der Waals surface area contributed by atoms with Gasteiger partial charge in [-0.25, -0.2) is 4.79 Å². The highest BCUT2D eigenvalue weighted by Crippen LogP contribution is 2.42. The van der Waals surface area contributed by atoms with Crippen molar-refractivity contribution >= 4 is 5.97 Å². The third kappa shape index (κ3) is 3.88. The van der Waals surface area contributed by atoms with E-state index in [2.05, 4.69) is 0 Å². The van der Waals surface area contributed by atoms with Crippen LogP contribution in [0.3, 0.4) is 0 Å². The quantitative estimate of drug-likeness (QED) is 0.414. The Hall–Kier alpha value is -3.68. The van der Waals surface area contributed by atoms with E-state index in [-0.39, 0.29) is 34.0 Å². The zero-order valence-electron chi connectivity index (χ0n) is 18.3. The molecule has 0 unspecified atom stereocenters. The first-order valence-electron chi connectivity index (χ1n) is 9.55. The summed E-state index contributed by atoms with van der Waals surface area (Å²) in [4.78, 5) is 25.7. The van der Waals surface area contributed by atoms with Crippen molar-refractivity contribution < 1.29 is 32.9 Å². The minimum atomic E-state index is -0.663. The zero-order valence-corrected chi connectivity index (χ0v) is 18.3. The van der Waals surface area contributed by atoms with Crippen molar-refractivity contribution in [2.45, 2.75) is 20.3 Å². The average Bonchev–Trinajstić information content (AvgIpc) is 2.79. The largest absolute Gasteiger partial charge is 0.493 e. The standard InChI is InChI=1S/C23H24O8/c1-7-13-10-16(24)14-8-9-18(27-4)30-21(14)20(13)31-23(25)15-11-17(26-3)22(29-6)19(28-5)12(15)2/h8-11H,7H2,1-6H3. The minimum absolute atomic E-state index is 0.141. The van der Waals surface area contributed by atoms with Crippen LogP contribution in [0.5, 0.6) is 28.9 Å². The Morgan fingerprint density at radius 2 is 1.65 bits per heavy atom. The van der Waals surface area contributed by atoms with E-state index < -0.39 is 5.97 Å². The molecule has 164 valence electrons. The van der Waals surface area contributed by atoms with Crippen LogP contribution in [0, 0.1) is 6.92 Å². The van der Waals surface area contributed by atoms with Gasteiger partial charge in [0.25, 0.3) is 5.95 Å². The van der Waals surface area contributed by atoms with Crippen molar-refractivity contribution in [2.75, 3.05) is 28.4 Å². The van der Waals surface area contributed by atoms with Crippen LogP contribution in [0.2, 0.25) is 0 Å². The smallest absolute Gasteiger partial charge is 0.344 e. The van der Waals surface area contributed by atoms with Crippen LogP contribution in [0.25, 0.3) is 11.3 Å². The predicted octanol–water partition coefficient (Wildman–Crippen LogP) is 3.87. The molecular formula is C23H24O8. The number of methoxy groups -OCH3 is 4. The summed E-state index contributed by atoms with van der Waals surface area (Å²) in [7, 11) is 5.86. The van der Waals surface area contributed by atoms with E-state index >= 15 is 0 Å². The van der Waals surface area contributed by atoms with Crippen molar-refractivity contribution in [2.24, 2.45) is 0 Å². The maximum atomic E-state index is 13.2. The van der Waals surface area contributed by atoms with Gasteiger partial charge in [-0.15, -0.1) is 0 Å². The monoisotopic (exact) mass is 428 g/mol. The predicted molar refractivity (Wildman–Crippen MR) is 113 cm³/mol. The second kappa shape index (κ2) is 8.99. The van der Waals surface area contributed by atoms with Gasteiger partial charge < -0.3 is 28.1 Å². The second-order valence-corrected chi connectivity index (χ2v) is 6.63. The number of aryl methyl sites for hydroxylation is 1. The van der Waals surface area contributed by atoms with Gasteiger partial charge in [-0.1, -0.05) is 6.92 Å². The van der Waals surface area contributed by atoms with Crippen molar-refractivity contribution in [1.82, 2.24) is 0 Å². The Bertz CT molecular complexity index is 1150. The lowest BCUT2D eigenvalue weighted by molar-refractivity contribution is 0.0728. The summed E-state index contributed by atoms with van der Waals surface area (Å²) < 4.78 is 32.7. The maximum absolute atomic E-state index is 13.2. The Balaban J connectivity index is 2.17. The fraction of sp³-hybridized carbons (Fsp3) is 0.304. The van der Waals surface area contributed by atoms with E-state index in [9.17, 15) is 9.59 Å². The molecule has 8 nitrogen and oxygen atoms in total. The summed E-state index contributed by atoms with van der Waals surface area (Å²) in [5, 5.41) is 0. The van der Waals surface area contributed by atoms with Crippen LogP contribution in [0.15, 0.2) is 33.5 Å². The van der Waals surface area contributed by atoms with Gasteiger partial charge in [0.2, 0.25) is 5.75 Å². The number of fused-ring (bicyclic) bond motifs is 1. The van der Waals surface area contributed by atoms with Crippen molar-refractivity contribution in [3.05, 3.63) is 51.2 Å². The zero-order chi connectivity index (χ0) is 22.7. The summed E-state index contributed by atoms with van der Waals surface area (Å²) >= 11 is 0.